The maximum Gasteiger partial charge on any atom is 0.321 e. The van der Waals surface area contributed by atoms with Crippen molar-refractivity contribution in [2.75, 3.05) is 45.7 Å². The summed E-state index contributed by atoms with van der Waals surface area (Å²) in [6.07, 6.45) is 1.87. The van der Waals surface area contributed by atoms with Crippen LogP contribution in [0.3, 0.4) is 0 Å². The second-order valence-electron chi connectivity index (χ2n) is 6.85. The SMILES string of the molecule is C[C@H]1CN(C)CC[C@@H]1N(C)C(=O)Nc1ccc2c(c1)OCCCO2. The van der Waals surface area contributed by atoms with Gasteiger partial charge in [0.2, 0.25) is 0 Å². The molecule has 2 atom stereocenters. The molecule has 1 aromatic rings. The van der Waals surface area contributed by atoms with Crippen molar-refractivity contribution in [2.24, 2.45) is 5.92 Å². The van der Waals surface area contributed by atoms with Gasteiger partial charge in [-0.15, -0.1) is 0 Å². The van der Waals surface area contributed by atoms with Crippen LogP contribution < -0.4 is 14.8 Å². The number of likely N-dealkylation sites (tertiary alicyclic amines) is 1. The molecule has 6 nitrogen and oxygen atoms in total. The Hall–Kier alpha value is -1.95. The lowest BCUT2D eigenvalue weighted by Crippen LogP contribution is -2.50. The third-order valence-electron chi connectivity index (χ3n) is 4.88. The number of carbonyl (C=O) groups is 1. The molecule has 2 heterocycles. The molecule has 1 saturated heterocycles. The fourth-order valence-electron chi connectivity index (χ4n) is 3.52. The van der Waals surface area contributed by atoms with E-state index in [-0.39, 0.29) is 12.1 Å². The van der Waals surface area contributed by atoms with Crippen LogP contribution in [-0.2, 0) is 0 Å². The van der Waals surface area contributed by atoms with Crippen molar-refractivity contribution in [1.29, 1.82) is 0 Å². The van der Waals surface area contributed by atoms with Gasteiger partial charge in [-0.2, -0.15) is 0 Å². The minimum absolute atomic E-state index is 0.0779. The number of amides is 2. The van der Waals surface area contributed by atoms with Gasteiger partial charge in [0.1, 0.15) is 0 Å². The Labute approximate surface area is 143 Å². The second-order valence-corrected chi connectivity index (χ2v) is 6.85. The fourth-order valence-corrected chi connectivity index (χ4v) is 3.52. The zero-order valence-corrected chi connectivity index (χ0v) is 14.7. The second kappa shape index (κ2) is 7.30. The number of urea groups is 1. The predicted octanol–water partition coefficient (Wildman–Crippen LogP) is 2.65. The van der Waals surface area contributed by atoms with E-state index in [4.69, 9.17) is 9.47 Å². The molecule has 0 radical (unpaired) electrons. The normalized spacial score (nSPS) is 24.1. The molecule has 132 valence electrons. The first-order chi connectivity index (χ1) is 11.5. The van der Waals surface area contributed by atoms with Gasteiger partial charge in [-0.25, -0.2) is 4.79 Å². The van der Waals surface area contributed by atoms with Gasteiger partial charge in [-0.1, -0.05) is 6.92 Å². The van der Waals surface area contributed by atoms with Crippen molar-refractivity contribution in [3.63, 3.8) is 0 Å². The number of rotatable bonds is 2. The largest absolute Gasteiger partial charge is 0.490 e. The zero-order chi connectivity index (χ0) is 17.1. The van der Waals surface area contributed by atoms with Crippen molar-refractivity contribution in [1.82, 2.24) is 9.80 Å². The quantitative estimate of drug-likeness (QED) is 0.904. The number of hydrogen-bond donors (Lipinski definition) is 1. The van der Waals surface area contributed by atoms with Gasteiger partial charge in [0.25, 0.3) is 0 Å². The van der Waals surface area contributed by atoms with Crippen molar-refractivity contribution < 1.29 is 14.3 Å². The van der Waals surface area contributed by atoms with E-state index < -0.39 is 0 Å². The Bertz CT molecular complexity index is 593. The Morgan fingerprint density at radius 2 is 2.04 bits per heavy atom. The van der Waals surface area contributed by atoms with Crippen LogP contribution in [0.1, 0.15) is 19.8 Å². The number of hydrogen-bond acceptors (Lipinski definition) is 4. The molecule has 0 bridgehead atoms. The number of nitrogens with zero attached hydrogens (tertiary/aromatic N) is 2. The Balaban J connectivity index is 1.65. The topological polar surface area (TPSA) is 54.0 Å². The van der Waals surface area contributed by atoms with Crippen molar-refractivity contribution >= 4 is 11.7 Å². The summed E-state index contributed by atoms with van der Waals surface area (Å²) in [5, 5.41) is 2.98. The molecule has 1 fully saturated rings. The molecule has 1 aromatic carbocycles. The van der Waals surface area contributed by atoms with E-state index >= 15 is 0 Å². The van der Waals surface area contributed by atoms with Gasteiger partial charge in [-0.05, 0) is 38.1 Å². The maximum atomic E-state index is 12.6. The van der Waals surface area contributed by atoms with Crippen LogP contribution in [0.4, 0.5) is 10.5 Å². The average Bonchev–Trinajstić information content (AvgIpc) is 2.79. The van der Waals surface area contributed by atoms with Crippen LogP contribution in [0, 0.1) is 5.92 Å². The van der Waals surface area contributed by atoms with E-state index in [0.29, 0.717) is 24.9 Å². The molecule has 0 aromatic heterocycles. The highest BCUT2D eigenvalue weighted by molar-refractivity contribution is 5.89. The fraction of sp³-hybridized carbons (Fsp3) is 0.611. The third kappa shape index (κ3) is 3.75. The molecule has 0 unspecified atom stereocenters. The number of nitrogens with one attached hydrogen (secondary N) is 1. The van der Waals surface area contributed by atoms with Gasteiger partial charge in [-0.3, -0.25) is 0 Å². The van der Waals surface area contributed by atoms with Crippen LogP contribution in [0.25, 0.3) is 0 Å². The summed E-state index contributed by atoms with van der Waals surface area (Å²) in [5.74, 6) is 1.90. The van der Waals surface area contributed by atoms with Crippen molar-refractivity contribution in [3.8, 4) is 11.5 Å². The molecule has 3 rings (SSSR count). The Morgan fingerprint density at radius 3 is 2.79 bits per heavy atom. The number of piperidine rings is 1. The summed E-state index contributed by atoms with van der Waals surface area (Å²) in [4.78, 5) is 16.8. The van der Waals surface area contributed by atoms with E-state index in [1.54, 1.807) is 0 Å². The van der Waals surface area contributed by atoms with E-state index in [1.807, 2.05) is 30.1 Å². The summed E-state index contributed by atoms with van der Waals surface area (Å²) < 4.78 is 11.3. The Morgan fingerprint density at radius 1 is 1.29 bits per heavy atom. The van der Waals surface area contributed by atoms with Gasteiger partial charge < -0.3 is 24.6 Å². The van der Waals surface area contributed by atoms with Crippen LogP contribution in [0.5, 0.6) is 11.5 Å². The first-order valence-electron chi connectivity index (χ1n) is 8.66. The lowest BCUT2D eigenvalue weighted by Gasteiger charge is -2.39. The molecular formula is C18H27N3O3. The van der Waals surface area contributed by atoms with E-state index in [1.165, 1.54) is 0 Å². The third-order valence-corrected chi connectivity index (χ3v) is 4.88. The first-order valence-corrected chi connectivity index (χ1v) is 8.66. The minimum atomic E-state index is -0.0779. The molecule has 0 spiro atoms. The number of carbonyl (C=O) groups excluding carboxylic acids is 1. The monoisotopic (exact) mass is 333 g/mol. The maximum absolute atomic E-state index is 12.6. The number of fused-ring (bicyclic) bond motifs is 1. The molecule has 24 heavy (non-hydrogen) atoms. The molecule has 2 amide bonds. The smallest absolute Gasteiger partial charge is 0.321 e. The van der Waals surface area contributed by atoms with E-state index in [9.17, 15) is 4.79 Å². The highest BCUT2D eigenvalue weighted by Crippen LogP contribution is 2.32. The number of anilines is 1. The molecule has 2 aliphatic heterocycles. The lowest BCUT2D eigenvalue weighted by atomic mass is 9.93. The van der Waals surface area contributed by atoms with Crippen molar-refractivity contribution in [2.45, 2.75) is 25.8 Å². The first kappa shape index (κ1) is 16.9. The molecule has 6 heteroatoms. The number of benzene rings is 1. The summed E-state index contributed by atoms with van der Waals surface area (Å²) >= 11 is 0. The molecule has 0 aliphatic carbocycles. The van der Waals surface area contributed by atoms with Gasteiger partial charge in [0.15, 0.2) is 11.5 Å². The molecular weight excluding hydrogens is 306 g/mol. The molecule has 1 N–H and O–H groups in total. The van der Waals surface area contributed by atoms with Gasteiger partial charge in [0, 0.05) is 37.8 Å². The van der Waals surface area contributed by atoms with Crippen LogP contribution in [-0.4, -0.2) is 62.3 Å². The van der Waals surface area contributed by atoms with Crippen molar-refractivity contribution in [3.05, 3.63) is 18.2 Å². The summed E-state index contributed by atoms with van der Waals surface area (Å²) in [6, 6.07) is 5.74. The highest BCUT2D eigenvalue weighted by atomic mass is 16.5. The van der Waals surface area contributed by atoms with Gasteiger partial charge >= 0.3 is 6.03 Å². The summed E-state index contributed by atoms with van der Waals surface area (Å²) in [6.45, 7) is 5.55. The predicted molar refractivity (Wildman–Crippen MR) is 93.9 cm³/mol. The Kier molecular flexibility index (Phi) is 5.14. The lowest BCUT2D eigenvalue weighted by molar-refractivity contribution is 0.113. The minimum Gasteiger partial charge on any atom is -0.490 e. The van der Waals surface area contributed by atoms with Crippen LogP contribution >= 0.6 is 0 Å². The summed E-state index contributed by atoms with van der Waals surface area (Å²) in [7, 11) is 4.01. The zero-order valence-electron chi connectivity index (χ0n) is 14.7. The van der Waals surface area contributed by atoms with Crippen LogP contribution in [0.2, 0.25) is 0 Å². The summed E-state index contributed by atoms with van der Waals surface area (Å²) in [5.41, 5.74) is 0.733. The average molecular weight is 333 g/mol. The van der Waals surface area contributed by atoms with Crippen LogP contribution in [0.15, 0.2) is 18.2 Å². The highest BCUT2D eigenvalue weighted by Gasteiger charge is 2.30. The molecule has 0 saturated carbocycles. The standard InChI is InChI=1S/C18H27N3O3/c1-13-12-20(2)8-7-15(13)21(3)18(22)19-14-5-6-16-17(11-14)24-10-4-9-23-16/h5-6,11,13,15H,4,7-10,12H2,1-3H3,(H,19,22)/t13-,15-/m0/s1. The molecule has 2 aliphatic rings. The number of ether oxygens (including phenoxy) is 2. The van der Waals surface area contributed by atoms with E-state index in [2.05, 4.69) is 24.2 Å². The van der Waals surface area contributed by atoms with Gasteiger partial charge in [0.05, 0.1) is 13.2 Å². The van der Waals surface area contributed by atoms with E-state index in [0.717, 1.165) is 37.4 Å².